The molecule has 1 saturated heterocycles. The van der Waals surface area contributed by atoms with Gasteiger partial charge in [0.15, 0.2) is 0 Å². The molecule has 0 bridgehead atoms. The first kappa shape index (κ1) is 23.2. The van der Waals surface area contributed by atoms with Crippen LogP contribution in [0.1, 0.15) is 46.5 Å². The van der Waals surface area contributed by atoms with E-state index in [1.807, 2.05) is 18.2 Å². The average Bonchev–Trinajstić information content (AvgIpc) is 3.37. The van der Waals surface area contributed by atoms with Crippen molar-refractivity contribution in [3.63, 3.8) is 0 Å². The molecular formula is C22H31N3O5S. The van der Waals surface area contributed by atoms with Crippen molar-refractivity contribution in [3.8, 4) is 5.75 Å². The van der Waals surface area contributed by atoms with Gasteiger partial charge in [0.05, 0.1) is 18.2 Å². The highest BCUT2D eigenvalue weighted by Gasteiger charge is 2.53. The summed E-state index contributed by atoms with van der Waals surface area (Å²) in [5.41, 5.74) is 0.757. The number of rotatable bonds is 8. The zero-order chi connectivity index (χ0) is 22.4. The fourth-order valence-electron chi connectivity index (χ4n) is 4.40. The lowest BCUT2D eigenvalue weighted by atomic mass is 9.81. The second-order valence-electron chi connectivity index (χ2n) is 7.71. The highest BCUT2D eigenvalue weighted by Crippen LogP contribution is 2.49. The lowest BCUT2D eigenvalue weighted by molar-refractivity contribution is -0.131. The quantitative estimate of drug-likeness (QED) is 0.558. The Bertz CT molecular complexity index is 795. The zero-order valence-corrected chi connectivity index (χ0v) is 19.1. The molecule has 2 aliphatic heterocycles. The van der Waals surface area contributed by atoms with Gasteiger partial charge in [0, 0.05) is 0 Å². The average molecular weight is 450 g/mol. The Morgan fingerprint density at radius 1 is 1.26 bits per heavy atom. The molecular weight excluding hydrogens is 418 g/mol. The maximum Gasteiger partial charge on any atom is 0.413 e. The molecule has 3 rings (SSSR count). The minimum Gasteiger partial charge on any atom is -0.459 e. The summed E-state index contributed by atoms with van der Waals surface area (Å²) in [7, 11) is 0. The molecule has 2 heterocycles. The molecule has 0 aromatic heterocycles. The van der Waals surface area contributed by atoms with Crippen molar-refractivity contribution < 1.29 is 23.9 Å². The predicted molar refractivity (Wildman–Crippen MR) is 120 cm³/mol. The molecule has 1 aromatic rings. The molecule has 170 valence electrons. The van der Waals surface area contributed by atoms with Gasteiger partial charge >= 0.3 is 6.09 Å². The SMILES string of the molecule is CCCC(CC)C1(NC(=O)C2Nc3ccccc3O2)SCCC1C(=O)NC(=O)OCC. The molecule has 31 heavy (non-hydrogen) atoms. The Morgan fingerprint density at radius 2 is 2.03 bits per heavy atom. The first-order valence-corrected chi connectivity index (χ1v) is 11.9. The molecule has 9 heteroatoms. The van der Waals surface area contributed by atoms with E-state index in [0.717, 1.165) is 24.9 Å². The largest absolute Gasteiger partial charge is 0.459 e. The molecule has 0 spiro atoms. The number of benzene rings is 1. The standard InChI is InChI=1S/C22H31N3O5S/c1-4-9-14(5-2)22(15(12-13-31-22)18(26)24-21(28)29-6-3)25-19(27)20-23-16-10-7-8-11-17(16)30-20/h7-8,10-11,14-15,20,23H,4-6,9,12-13H2,1-3H3,(H,25,27)(H,24,26,28). The summed E-state index contributed by atoms with van der Waals surface area (Å²) in [4.78, 5) is 37.3. The third-order valence-corrected chi connectivity index (χ3v) is 7.43. The molecule has 2 aliphatic rings. The van der Waals surface area contributed by atoms with E-state index < -0.39 is 29.0 Å². The first-order chi connectivity index (χ1) is 14.9. The summed E-state index contributed by atoms with van der Waals surface area (Å²) >= 11 is 1.58. The predicted octanol–water partition coefficient (Wildman–Crippen LogP) is 3.48. The number of nitrogens with one attached hydrogen (secondary N) is 3. The van der Waals surface area contributed by atoms with Crippen LogP contribution in [-0.2, 0) is 14.3 Å². The van der Waals surface area contributed by atoms with E-state index in [2.05, 4.69) is 29.8 Å². The molecule has 4 unspecified atom stereocenters. The number of fused-ring (bicyclic) bond motifs is 1. The zero-order valence-electron chi connectivity index (χ0n) is 18.2. The molecule has 0 aliphatic carbocycles. The van der Waals surface area contributed by atoms with Gasteiger partial charge in [0.25, 0.3) is 5.91 Å². The number of alkyl carbamates (subject to hydrolysis) is 1. The summed E-state index contributed by atoms with van der Waals surface area (Å²) in [5.74, 6) is 0.103. The van der Waals surface area contributed by atoms with Gasteiger partial charge in [0.2, 0.25) is 12.1 Å². The fraction of sp³-hybridized carbons (Fsp3) is 0.591. The van der Waals surface area contributed by atoms with Gasteiger partial charge in [0.1, 0.15) is 10.6 Å². The number of ether oxygens (including phenoxy) is 2. The minimum absolute atomic E-state index is 0.0654. The molecule has 1 fully saturated rings. The number of para-hydroxylation sites is 2. The van der Waals surface area contributed by atoms with Crippen LogP contribution in [0.25, 0.3) is 0 Å². The lowest BCUT2D eigenvalue weighted by Crippen LogP contribution is -2.60. The smallest absolute Gasteiger partial charge is 0.413 e. The number of carbonyl (C=O) groups excluding carboxylic acids is 3. The van der Waals surface area contributed by atoms with Gasteiger partial charge in [-0.05, 0) is 43.6 Å². The third kappa shape index (κ3) is 4.92. The van der Waals surface area contributed by atoms with Crippen LogP contribution in [0.5, 0.6) is 5.75 Å². The highest BCUT2D eigenvalue weighted by atomic mass is 32.2. The van der Waals surface area contributed by atoms with Crippen molar-refractivity contribution in [1.82, 2.24) is 10.6 Å². The van der Waals surface area contributed by atoms with E-state index >= 15 is 0 Å². The number of imide groups is 1. The molecule has 4 atom stereocenters. The Kier molecular flexibility index (Phi) is 7.69. The molecule has 8 nitrogen and oxygen atoms in total. The summed E-state index contributed by atoms with van der Waals surface area (Å²) in [6.07, 6.45) is 1.50. The normalized spacial score (nSPS) is 25.0. The van der Waals surface area contributed by atoms with Crippen LogP contribution in [0.4, 0.5) is 10.5 Å². The minimum atomic E-state index is -0.872. The van der Waals surface area contributed by atoms with Crippen LogP contribution in [-0.4, -0.2) is 41.4 Å². The van der Waals surface area contributed by atoms with Gasteiger partial charge in [-0.25, -0.2) is 4.79 Å². The highest BCUT2D eigenvalue weighted by molar-refractivity contribution is 8.01. The molecule has 3 amide bonds. The number of anilines is 1. The van der Waals surface area contributed by atoms with Crippen molar-refractivity contribution in [1.29, 1.82) is 0 Å². The van der Waals surface area contributed by atoms with Crippen LogP contribution in [0.2, 0.25) is 0 Å². The molecule has 0 radical (unpaired) electrons. The van der Waals surface area contributed by atoms with Crippen molar-refractivity contribution >= 4 is 35.4 Å². The second-order valence-corrected chi connectivity index (χ2v) is 9.09. The summed E-state index contributed by atoms with van der Waals surface area (Å²) in [6.45, 7) is 6.01. The van der Waals surface area contributed by atoms with Crippen molar-refractivity contribution in [2.24, 2.45) is 11.8 Å². The van der Waals surface area contributed by atoms with Crippen LogP contribution >= 0.6 is 11.8 Å². The van der Waals surface area contributed by atoms with Gasteiger partial charge in [-0.3, -0.25) is 14.9 Å². The van der Waals surface area contributed by atoms with Gasteiger partial charge < -0.3 is 20.1 Å². The summed E-state index contributed by atoms with van der Waals surface area (Å²) in [5, 5.41) is 8.60. The third-order valence-electron chi connectivity index (χ3n) is 5.79. The Hall–Kier alpha value is -2.42. The van der Waals surface area contributed by atoms with Crippen molar-refractivity contribution in [2.45, 2.75) is 57.6 Å². The van der Waals surface area contributed by atoms with Crippen molar-refractivity contribution in [3.05, 3.63) is 24.3 Å². The molecule has 1 aromatic carbocycles. The summed E-state index contributed by atoms with van der Waals surface area (Å²) in [6, 6.07) is 7.37. The number of amides is 3. The van der Waals surface area contributed by atoms with Crippen LogP contribution in [0.15, 0.2) is 24.3 Å². The Labute approximate surface area is 187 Å². The van der Waals surface area contributed by atoms with E-state index in [4.69, 9.17) is 9.47 Å². The van der Waals surface area contributed by atoms with Gasteiger partial charge in [-0.2, -0.15) is 0 Å². The molecule has 3 N–H and O–H groups in total. The molecule has 0 saturated carbocycles. The number of carbonyl (C=O) groups is 3. The fourth-order valence-corrected chi connectivity index (χ4v) is 6.21. The van der Waals surface area contributed by atoms with E-state index in [0.29, 0.717) is 17.9 Å². The second kappa shape index (κ2) is 10.3. The van der Waals surface area contributed by atoms with Crippen molar-refractivity contribution in [2.75, 3.05) is 17.7 Å². The Balaban J connectivity index is 1.82. The maximum absolute atomic E-state index is 13.3. The number of hydrogen-bond donors (Lipinski definition) is 3. The van der Waals surface area contributed by atoms with E-state index in [1.165, 1.54) is 0 Å². The first-order valence-electron chi connectivity index (χ1n) is 10.9. The van der Waals surface area contributed by atoms with Crippen LogP contribution in [0.3, 0.4) is 0 Å². The van der Waals surface area contributed by atoms with Gasteiger partial charge in [-0.15, -0.1) is 11.8 Å². The lowest BCUT2D eigenvalue weighted by Gasteiger charge is -2.41. The maximum atomic E-state index is 13.3. The van der Waals surface area contributed by atoms with E-state index in [-0.39, 0.29) is 18.4 Å². The van der Waals surface area contributed by atoms with Crippen LogP contribution in [0, 0.1) is 11.8 Å². The van der Waals surface area contributed by atoms with Crippen LogP contribution < -0.4 is 20.7 Å². The summed E-state index contributed by atoms with van der Waals surface area (Å²) < 4.78 is 10.7. The topological polar surface area (TPSA) is 106 Å². The van der Waals surface area contributed by atoms with E-state index in [9.17, 15) is 14.4 Å². The number of hydrogen-bond acceptors (Lipinski definition) is 7. The van der Waals surface area contributed by atoms with E-state index in [1.54, 1.807) is 24.8 Å². The monoisotopic (exact) mass is 449 g/mol. The van der Waals surface area contributed by atoms with Gasteiger partial charge in [-0.1, -0.05) is 38.8 Å². The Morgan fingerprint density at radius 3 is 2.71 bits per heavy atom. The number of thioether (sulfide) groups is 1.